The fourth-order valence-electron chi connectivity index (χ4n) is 1.77. The number of morpholine rings is 1. The van der Waals surface area contributed by atoms with E-state index in [4.69, 9.17) is 15.2 Å². The van der Waals surface area contributed by atoms with Crippen LogP contribution in [0.5, 0.6) is 0 Å². The van der Waals surface area contributed by atoms with Crippen LogP contribution in [0.25, 0.3) is 0 Å². The summed E-state index contributed by atoms with van der Waals surface area (Å²) in [5, 5.41) is 0. The molecular formula is C12H24N2O3. The van der Waals surface area contributed by atoms with E-state index in [2.05, 4.69) is 0 Å². The third-order valence-corrected chi connectivity index (χ3v) is 3.16. The maximum absolute atomic E-state index is 12.1. The first-order chi connectivity index (χ1) is 7.85. The molecule has 1 aliphatic rings. The van der Waals surface area contributed by atoms with E-state index in [1.807, 2.05) is 25.7 Å². The van der Waals surface area contributed by atoms with Gasteiger partial charge in [-0.25, -0.2) is 0 Å². The Morgan fingerprint density at radius 3 is 2.82 bits per heavy atom. The van der Waals surface area contributed by atoms with Crippen LogP contribution in [0.15, 0.2) is 0 Å². The molecule has 100 valence electrons. The number of methoxy groups -OCH3 is 1. The molecule has 2 atom stereocenters. The minimum absolute atomic E-state index is 0.0546. The quantitative estimate of drug-likeness (QED) is 0.776. The van der Waals surface area contributed by atoms with E-state index in [0.29, 0.717) is 26.1 Å². The summed E-state index contributed by atoms with van der Waals surface area (Å²) in [4.78, 5) is 13.9. The molecule has 1 fully saturated rings. The van der Waals surface area contributed by atoms with Gasteiger partial charge in [-0.1, -0.05) is 0 Å². The molecule has 5 nitrogen and oxygen atoms in total. The van der Waals surface area contributed by atoms with Gasteiger partial charge in [0.05, 0.1) is 24.7 Å². The minimum atomic E-state index is -0.417. The molecule has 0 radical (unpaired) electrons. The summed E-state index contributed by atoms with van der Waals surface area (Å²) in [5.74, 6) is 0.103. The molecule has 2 N–H and O–H groups in total. The maximum Gasteiger partial charge on any atom is 0.225 e. The van der Waals surface area contributed by atoms with Crippen LogP contribution >= 0.6 is 0 Å². The fourth-order valence-corrected chi connectivity index (χ4v) is 1.77. The van der Waals surface area contributed by atoms with Crippen LogP contribution in [0.3, 0.4) is 0 Å². The zero-order valence-corrected chi connectivity index (χ0v) is 11.2. The summed E-state index contributed by atoms with van der Waals surface area (Å²) in [6, 6.07) is -0.0546. The molecule has 0 bridgehead atoms. The molecule has 2 unspecified atom stereocenters. The highest BCUT2D eigenvalue weighted by atomic mass is 16.5. The number of nitrogens with two attached hydrogens (primary N) is 1. The second kappa shape index (κ2) is 5.80. The van der Waals surface area contributed by atoms with Gasteiger partial charge in [0.15, 0.2) is 0 Å². The van der Waals surface area contributed by atoms with Crippen LogP contribution in [0, 0.1) is 0 Å². The second-order valence-electron chi connectivity index (χ2n) is 5.25. The van der Waals surface area contributed by atoms with Crippen molar-refractivity contribution < 1.29 is 14.3 Å². The second-order valence-corrected chi connectivity index (χ2v) is 5.25. The third kappa shape index (κ3) is 4.26. The van der Waals surface area contributed by atoms with Crippen molar-refractivity contribution in [3.05, 3.63) is 0 Å². The molecule has 5 heteroatoms. The van der Waals surface area contributed by atoms with E-state index in [0.717, 1.165) is 0 Å². The van der Waals surface area contributed by atoms with Gasteiger partial charge in [0, 0.05) is 26.2 Å². The fraction of sp³-hybridized carbons (Fsp3) is 0.917. The van der Waals surface area contributed by atoms with E-state index in [-0.39, 0.29) is 18.1 Å². The summed E-state index contributed by atoms with van der Waals surface area (Å²) in [6.45, 7) is 7.50. The highest BCUT2D eigenvalue weighted by molar-refractivity contribution is 5.77. The number of amides is 1. The van der Waals surface area contributed by atoms with Crippen LogP contribution in [0.2, 0.25) is 0 Å². The first-order valence-corrected chi connectivity index (χ1v) is 6.06. The molecule has 0 aromatic heterocycles. The minimum Gasteiger partial charge on any atom is -0.378 e. The van der Waals surface area contributed by atoms with Crippen molar-refractivity contribution in [2.24, 2.45) is 5.73 Å². The van der Waals surface area contributed by atoms with Crippen LogP contribution < -0.4 is 5.73 Å². The van der Waals surface area contributed by atoms with Crippen molar-refractivity contribution >= 4 is 5.91 Å². The van der Waals surface area contributed by atoms with Gasteiger partial charge >= 0.3 is 0 Å². The molecule has 0 aromatic rings. The Labute approximate surface area is 103 Å². The molecule has 0 spiro atoms. The average molecular weight is 244 g/mol. The summed E-state index contributed by atoms with van der Waals surface area (Å²) in [5.41, 5.74) is 5.38. The molecule has 1 amide bonds. The van der Waals surface area contributed by atoms with Gasteiger partial charge in [0.25, 0.3) is 0 Å². The molecule has 0 aromatic carbocycles. The smallest absolute Gasteiger partial charge is 0.225 e. The lowest BCUT2D eigenvalue weighted by atomic mass is 10.0. The van der Waals surface area contributed by atoms with E-state index < -0.39 is 5.60 Å². The molecule has 0 aliphatic carbocycles. The van der Waals surface area contributed by atoms with Crippen LogP contribution in [-0.2, 0) is 14.3 Å². The number of rotatable bonds is 4. The van der Waals surface area contributed by atoms with Crippen molar-refractivity contribution in [3.63, 3.8) is 0 Å². The first-order valence-electron chi connectivity index (χ1n) is 6.06. The lowest BCUT2D eigenvalue weighted by molar-refractivity contribution is -0.144. The summed E-state index contributed by atoms with van der Waals surface area (Å²) < 4.78 is 10.8. The Morgan fingerprint density at radius 2 is 2.29 bits per heavy atom. The van der Waals surface area contributed by atoms with Gasteiger partial charge in [0.1, 0.15) is 0 Å². The van der Waals surface area contributed by atoms with Crippen LogP contribution in [0.4, 0.5) is 0 Å². The SMILES string of the molecule is COC(C)(C)CC(=O)N1CCOC(C(C)N)C1. The van der Waals surface area contributed by atoms with Gasteiger partial charge < -0.3 is 20.1 Å². The van der Waals surface area contributed by atoms with Crippen LogP contribution in [0.1, 0.15) is 27.2 Å². The topological polar surface area (TPSA) is 64.8 Å². The van der Waals surface area contributed by atoms with Crippen molar-refractivity contribution in [2.75, 3.05) is 26.8 Å². The molecule has 1 heterocycles. The number of hydrogen-bond donors (Lipinski definition) is 1. The maximum atomic E-state index is 12.1. The predicted molar refractivity (Wildman–Crippen MR) is 65.7 cm³/mol. The lowest BCUT2D eigenvalue weighted by Crippen LogP contribution is -2.52. The zero-order chi connectivity index (χ0) is 13.1. The first kappa shape index (κ1) is 14.4. The van der Waals surface area contributed by atoms with Crippen molar-refractivity contribution in [1.82, 2.24) is 4.90 Å². The summed E-state index contributed by atoms with van der Waals surface area (Å²) in [6.07, 6.45) is 0.327. The molecular weight excluding hydrogens is 220 g/mol. The Bertz CT molecular complexity index is 266. The number of carbonyl (C=O) groups is 1. The summed E-state index contributed by atoms with van der Waals surface area (Å²) in [7, 11) is 1.62. The monoisotopic (exact) mass is 244 g/mol. The summed E-state index contributed by atoms with van der Waals surface area (Å²) >= 11 is 0. The lowest BCUT2D eigenvalue weighted by Gasteiger charge is -2.36. The van der Waals surface area contributed by atoms with E-state index in [1.54, 1.807) is 7.11 Å². The molecule has 1 rings (SSSR count). The van der Waals surface area contributed by atoms with Gasteiger partial charge in [-0.15, -0.1) is 0 Å². The third-order valence-electron chi connectivity index (χ3n) is 3.16. The standard InChI is InChI=1S/C12H24N2O3/c1-9(13)10-8-14(5-6-17-10)11(15)7-12(2,3)16-4/h9-10H,5-8,13H2,1-4H3. The molecule has 1 aliphatic heterocycles. The van der Waals surface area contributed by atoms with Gasteiger partial charge in [-0.05, 0) is 20.8 Å². The zero-order valence-electron chi connectivity index (χ0n) is 11.2. The van der Waals surface area contributed by atoms with Crippen LogP contribution in [-0.4, -0.2) is 55.4 Å². The van der Waals surface area contributed by atoms with Crippen molar-refractivity contribution in [2.45, 2.75) is 44.9 Å². The Hall–Kier alpha value is -0.650. The number of hydrogen-bond acceptors (Lipinski definition) is 4. The molecule has 1 saturated heterocycles. The Morgan fingerprint density at radius 1 is 1.65 bits per heavy atom. The molecule has 0 saturated carbocycles. The van der Waals surface area contributed by atoms with E-state index >= 15 is 0 Å². The van der Waals surface area contributed by atoms with Gasteiger partial charge in [-0.3, -0.25) is 4.79 Å². The largest absolute Gasteiger partial charge is 0.378 e. The number of ether oxygens (including phenoxy) is 2. The Kier molecular flexibility index (Phi) is 4.91. The van der Waals surface area contributed by atoms with E-state index in [1.165, 1.54) is 0 Å². The highest BCUT2D eigenvalue weighted by Gasteiger charge is 2.30. The number of nitrogens with zero attached hydrogens (tertiary/aromatic N) is 1. The molecule has 17 heavy (non-hydrogen) atoms. The van der Waals surface area contributed by atoms with Gasteiger partial charge in [0.2, 0.25) is 5.91 Å². The normalized spacial score (nSPS) is 23.6. The number of carbonyl (C=O) groups excluding carboxylic acids is 1. The van der Waals surface area contributed by atoms with Crippen molar-refractivity contribution in [3.8, 4) is 0 Å². The van der Waals surface area contributed by atoms with Gasteiger partial charge in [-0.2, -0.15) is 0 Å². The average Bonchev–Trinajstić information content (AvgIpc) is 2.28. The Balaban J connectivity index is 2.52. The van der Waals surface area contributed by atoms with Crippen molar-refractivity contribution in [1.29, 1.82) is 0 Å². The highest BCUT2D eigenvalue weighted by Crippen LogP contribution is 2.17. The van der Waals surface area contributed by atoms with E-state index in [9.17, 15) is 4.79 Å². The predicted octanol–water partition coefficient (Wildman–Crippen LogP) is 0.376.